The molecule has 1 atom stereocenters. The molecule has 11 heavy (non-hydrogen) atoms. The summed E-state index contributed by atoms with van der Waals surface area (Å²) >= 11 is 0. The van der Waals surface area contributed by atoms with Crippen LogP contribution < -0.4 is 5.73 Å². The van der Waals surface area contributed by atoms with Crippen molar-refractivity contribution in [3.63, 3.8) is 0 Å². The molecular formula is C8H14N2O. The van der Waals surface area contributed by atoms with Gasteiger partial charge in [0.1, 0.15) is 11.5 Å². The Hall–Kier alpha value is -0.830. The zero-order valence-corrected chi connectivity index (χ0v) is 7.22. The molecule has 1 rings (SSSR count). The summed E-state index contributed by atoms with van der Waals surface area (Å²) in [5.74, 6) is 0.810. The Bertz CT molecular complexity index is 240. The van der Waals surface area contributed by atoms with Gasteiger partial charge in [0.2, 0.25) is 0 Å². The van der Waals surface area contributed by atoms with Crippen molar-refractivity contribution in [2.24, 2.45) is 5.73 Å². The van der Waals surface area contributed by atoms with Gasteiger partial charge in [-0.1, -0.05) is 12.1 Å². The lowest BCUT2D eigenvalue weighted by atomic mass is 9.96. The second kappa shape index (κ2) is 2.66. The lowest BCUT2D eigenvalue weighted by molar-refractivity contribution is 0.360. The quantitative estimate of drug-likeness (QED) is 0.703. The van der Waals surface area contributed by atoms with Gasteiger partial charge in [0.05, 0.1) is 5.54 Å². The number of aromatic nitrogens is 1. The maximum atomic E-state index is 5.93. The molecule has 0 bridgehead atoms. The second-order valence-corrected chi connectivity index (χ2v) is 3.09. The maximum absolute atomic E-state index is 5.93. The van der Waals surface area contributed by atoms with E-state index in [1.165, 1.54) is 0 Å². The summed E-state index contributed by atoms with van der Waals surface area (Å²) in [7, 11) is 0. The van der Waals surface area contributed by atoms with Crippen LogP contribution in [0.4, 0.5) is 0 Å². The van der Waals surface area contributed by atoms with Crippen molar-refractivity contribution in [3.05, 3.63) is 17.5 Å². The summed E-state index contributed by atoms with van der Waals surface area (Å²) in [4.78, 5) is 0. The van der Waals surface area contributed by atoms with Gasteiger partial charge in [-0.3, -0.25) is 0 Å². The fourth-order valence-electron chi connectivity index (χ4n) is 0.817. The van der Waals surface area contributed by atoms with Crippen molar-refractivity contribution < 1.29 is 4.52 Å². The molecule has 3 heteroatoms. The van der Waals surface area contributed by atoms with Crippen molar-refractivity contribution in [1.82, 2.24) is 5.16 Å². The fraction of sp³-hybridized carbons (Fsp3) is 0.625. The normalized spacial score (nSPS) is 16.4. The summed E-state index contributed by atoms with van der Waals surface area (Å²) in [6.07, 6.45) is 0.860. The van der Waals surface area contributed by atoms with E-state index in [9.17, 15) is 0 Å². The molecule has 62 valence electrons. The highest BCUT2D eigenvalue weighted by Crippen LogP contribution is 2.19. The molecule has 2 N–H and O–H groups in total. The van der Waals surface area contributed by atoms with Gasteiger partial charge in [-0.2, -0.15) is 0 Å². The van der Waals surface area contributed by atoms with Gasteiger partial charge in [-0.25, -0.2) is 0 Å². The number of rotatable bonds is 2. The predicted molar refractivity (Wildman–Crippen MR) is 43.1 cm³/mol. The Morgan fingerprint density at radius 1 is 1.73 bits per heavy atom. The largest absolute Gasteiger partial charge is 0.361 e. The van der Waals surface area contributed by atoms with Crippen LogP contribution in [-0.2, 0) is 5.54 Å². The van der Waals surface area contributed by atoms with E-state index < -0.39 is 0 Å². The Balaban J connectivity index is 2.92. The van der Waals surface area contributed by atoms with Crippen LogP contribution in [0, 0.1) is 6.92 Å². The zero-order valence-electron chi connectivity index (χ0n) is 7.22. The number of aryl methyl sites for hydroxylation is 1. The van der Waals surface area contributed by atoms with E-state index in [-0.39, 0.29) is 5.54 Å². The number of hydrogen-bond donors (Lipinski definition) is 1. The van der Waals surface area contributed by atoms with Crippen LogP contribution in [0.2, 0.25) is 0 Å². The molecule has 0 aliphatic carbocycles. The zero-order chi connectivity index (χ0) is 8.48. The van der Waals surface area contributed by atoms with Crippen molar-refractivity contribution in [1.29, 1.82) is 0 Å². The Labute approximate surface area is 66.6 Å². The summed E-state index contributed by atoms with van der Waals surface area (Å²) in [6.45, 7) is 5.84. The van der Waals surface area contributed by atoms with Gasteiger partial charge in [0.15, 0.2) is 0 Å². The molecule has 0 radical (unpaired) electrons. The molecule has 1 unspecified atom stereocenters. The molecule has 0 saturated heterocycles. The van der Waals surface area contributed by atoms with Crippen LogP contribution in [-0.4, -0.2) is 5.16 Å². The average molecular weight is 154 g/mol. The Morgan fingerprint density at radius 2 is 2.36 bits per heavy atom. The topological polar surface area (TPSA) is 52.0 Å². The van der Waals surface area contributed by atoms with Crippen molar-refractivity contribution in [2.75, 3.05) is 0 Å². The molecule has 0 fully saturated rings. The maximum Gasteiger partial charge on any atom is 0.134 e. The second-order valence-electron chi connectivity index (χ2n) is 3.09. The summed E-state index contributed by atoms with van der Waals surface area (Å²) in [6, 6.07) is 1.88. The molecule has 0 aliphatic rings. The van der Waals surface area contributed by atoms with Crippen LogP contribution in [0.15, 0.2) is 10.6 Å². The SMILES string of the molecule is CCC(C)(N)c1cc(C)on1. The highest BCUT2D eigenvalue weighted by atomic mass is 16.5. The fourth-order valence-corrected chi connectivity index (χ4v) is 0.817. The lowest BCUT2D eigenvalue weighted by Gasteiger charge is -2.18. The van der Waals surface area contributed by atoms with Gasteiger partial charge in [0, 0.05) is 6.07 Å². The Kier molecular flexibility index (Phi) is 2.00. The van der Waals surface area contributed by atoms with E-state index in [0.29, 0.717) is 0 Å². The molecule has 0 aromatic carbocycles. The van der Waals surface area contributed by atoms with Gasteiger partial charge >= 0.3 is 0 Å². The van der Waals surface area contributed by atoms with Gasteiger partial charge < -0.3 is 10.3 Å². The first-order valence-corrected chi connectivity index (χ1v) is 3.79. The number of nitrogens with zero attached hydrogens (tertiary/aromatic N) is 1. The summed E-state index contributed by atoms with van der Waals surface area (Å²) < 4.78 is 4.92. The third-order valence-electron chi connectivity index (χ3n) is 1.95. The third kappa shape index (κ3) is 1.60. The van der Waals surface area contributed by atoms with E-state index in [2.05, 4.69) is 5.16 Å². The van der Waals surface area contributed by atoms with E-state index in [1.807, 2.05) is 26.8 Å². The summed E-state index contributed by atoms with van der Waals surface area (Å²) in [5, 5.41) is 3.86. The van der Waals surface area contributed by atoms with Gasteiger partial charge in [-0.05, 0) is 20.3 Å². The highest BCUT2D eigenvalue weighted by Gasteiger charge is 2.22. The molecular weight excluding hydrogens is 140 g/mol. The molecule has 0 aliphatic heterocycles. The van der Waals surface area contributed by atoms with Crippen molar-refractivity contribution >= 4 is 0 Å². The number of nitrogens with two attached hydrogens (primary N) is 1. The molecule has 0 spiro atoms. The van der Waals surface area contributed by atoms with E-state index in [1.54, 1.807) is 0 Å². The van der Waals surface area contributed by atoms with E-state index >= 15 is 0 Å². The average Bonchev–Trinajstić information content (AvgIpc) is 2.36. The van der Waals surface area contributed by atoms with Gasteiger partial charge in [0.25, 0.3) is 0 Å². The minimum Gasteiger partial charge on any atom is -0.361 e. The molecule has 1 heterocycles. The summed E-state index contributed by atoms with van der Waals surface area (Å²) in [5.41, 5.74) is 6.41. The first kappa shape index (κ1) is 8.27. The molecule has 0 amide bonds. The van der Waals surface area contributed by atoms with E-state index in [0.717, 1.165) is 17.9 Å². The minimum atomic E-state index is -0.349. The van der Waals surface area contributed by atoms with Crippen LogP contribution in [0.5, 0.6) is 0 Å². The first-order chi connectivity index (χ1) is 5.06. The highest BCUT2D eigenvalue weighted by molar-refractivity contribution is 5.13. The van der Waals surface area contributed by atoms with Crippen LogP contribution in [0.1, 0.15) is 31.7 Å². The Morgan fingerprint density at radius 3 is 2.73 bits per heavy atom. The van der Waals surface area contributed by atoms with Crippen molar-refractivity contribution in [2.45, 2.75) is 32.7 Å². The number of hydrogen-bond acceptors (Lipinski definition) is 3. The van der Waals surface area contributed by atoms with Gasteiger partial charge in [-0.15, -0.1) is 0 Å². The standard InChI is InChI=1S/C8H14N2O/c1-4-8(3,9)7-5-6(2)11-10-7/h5H,4,9H2,1-3H3. The van der Waals surface area contributed by atoms with Crippen molar-refractivity contribution in [3.8, 4) is 0 Å². The molecule has 1 aromatic rings. The molecule has 0 saturated carbocycles. The molecule has 3 nitrogen and oxygen atoms in total. The third-order valence-corrected chi connectivity index (χ3v) is 1.95. The first-order valence-electron chi connectivity index (χ1n) is 3.79. The van der Waals surface area contributed by atoms with Crippen LogP contribution in [0.25, 0.3) is 0 Å². The lowest BCUT2D eigenvalue weighted by Crippen LogP contribution is -2.32. The molecule has 1 aromatic heterocycles. The smallest absolute Gasteiger partial charge is 0.134 e. The predicted octanol–water partition coefficient (Wildman–Crippen LogP) is 1.57. The van der Waals surface area contributed by atoms with Crippen LogP contribution in [0.3, 0.4) is 0 Å². The van der Waals surface area contributed by atoms with Crippen LogP contribution >= 0.6 is 0 Å². The van der Waals surface area contributed by atoms with E-state index in [4.69, 9.17) is 10.3 Å². The monoisotopic (exact) mass is 154 g/mol. The minimum absolute atomic E-state index is 0.349.